The van der Waals surface area contributed by atoms with Crippen LogP contribution >= 0.6 is 0 Å². The average molecular weight is 436 g/mol. The molecule has 3 heterocycles. The fraction of sp³-hybridized carbons (Fsp3) is 0.762. The largest absolute Gasteiger partial charge is 0.525 e. The van der Waals surface area contributed by atoms with Crippen molar-refractivity contribution < 1.29 is 23.2 Å². The molecule has 0 radical (unpaired) electrons. The Kier molecular flexibility index (Phi) is 6.53. The predicted octanol–water partition coefficient (Wildman–Crippen LogP) is 3.87. The number of piperidine rings is 1. The van der Waals surface area contributed by atoms with Crippen molar-refractivity contribution in [2.45, 2.75) is 84.7 Å². The van der Waals surface area contributed by atoms with Gasteiger partial charge in [-0.2, -0.15) is 0 Å². The first-order valence-corrected chi connectivity index (χ1v) is 10.9. The summed E-state index contributed by atoms with van der Waals surface area (Å²) in [6.45, 7) is 15.0. The first kappa shape index (κ1) is 23.7. The lowest BCUT2D eigenvalue weighted by Gasteiger charge is -2.34. The molecule has 0 aliphatic carbocycles. The molecule has 0 bridgehead atoms. The number of carbonyl (C=O) groups is 1. The smallest absolute Gasteiger partial charge is 0.444 e. The van der Waals surface area contributed by atoms with Crippen LogP contribution in [0.3, 0.4) is 0 Å². The summed E-state index contributed by atoms with van der Waals surface area (Å²) in [5, 5.41) is 8.16. The van der Waals surface area contributed by atoms with E-state index >= 15 is 0 Å². The van der Waals surface area contributed by atoms with Gasteiger partial charge in [0.1, 0.15) is 17.0 Å². The van der Waals surface area contributed by atoms with E-state index in [0.29, 0.717) is 25.3 Å². The number of carbonyl (C=O) groups excluding carboxylic acids is 1. The van der Waals surface area contributed by atoms with Gasteiger partial charge in [0, 0.05) is 19.6 Å². The van der Waals surface area contributed by atoms with E-state index < -0.39 is 29.6 Å². The minimum absolute atomic E-state index is 0.229. The van der Waals surface area contributed by atoms with Crippen LogP contribution in [0.4, 0.5) is 9.18 Å². The Hall–Kier alpha value is -1.94. The fourth-order valence-electron chi connectivity index (χ4n) is 3.60. The van der Waals surface area contributed by atoms with E-state index in [1.165, 1.54) is 6.08 Å². The molecule has 2 aliphatic heterocycles. The summed E-state index contributed by atoms with van der Waals surface area (Å²) < 4.78 is 33.3. The normalized spacial score (nSPS) is 23.9. The molecule has 1 aromatic rings. The van der Waals surface area contributed by atoms with Crippen molar-refractivity contribution in [3.05, 3.63) is 17.6 Å². The molecule has 0 saturated carbocycles. The van der Waals surface area contributed by atoms with Crippen LogP contribution in [0.2, 0.25) is 0 Å². The zero-order chi connectivity index (χ0) is 23.0. The second kappa shape index (κ2) is 8.54. The van der Waals surface area contributed by atoms with Crippen LogP contribution < -0.4 is 0 Å². The van der Waals surface area contributed by atoms with Crippen molar-refractivity contribution in [2.24, 2.45) is 5.92 Å². The number of rotatable bonds is 4. The van der Waals surface area contributed by atoms with E-state index in [9.17, 15) is 9.18 Å². The van der Waals surface area contributed by atoms with Crippen molar-refractivity contribution in [1.82, 2.24) is 19.9 Å². The van der Waals surface area contributed by atoms with Crippen molar-refractivity contribution >= 4 is 19.3 Å². The maximum atomic E-state index is 14.7. The molecule has 8 nitrogen and oxygen atoms in total. The molecule has 10 heteroatoms. The lowest BCUT2D eigenvalue weighted by Crippen LogP contribution is -2.43. The van der Waals surface area contributed by atoms with Crippen molar-refractivity contribution in [3.8, 4) is 0 Å². The molecule has 1 unspecified atom stereocenters. The highest BCUT2D eigenvalue weighted by Crippen LogP contribution is 2.39. The van der Waals surface area contributed by atoms with Gasteiger partial charge < -0.3 is 18.9 Å². The van der Waals surface area contributed by atoms with Gasteiger partial charge in [-0.15, -0.1) is 5.10 Å². The maximum Gasteiger partial charge on any atom is 0.525 e. The van der Waals surface area contributed by atoms with E-state index in [1.54, 1.807) is 15.8 Å². The fourth-order valence-corrected chi connectivity index (χ4v) is 3.60. The van der Waals surface area contributed by atoms with E-state index in [2.05, 4.69) is 10.3 Å². The minimum atomic E-state index is -1.06. The van der Waals surface area contributed by atoms with E-state index in [4.69, 9.17) is 14.0 Å². The van der Waals surface area contributed by atoms with E-state index in [0.717, 1.165) is 12.8 Å². The van der Waals surface area contributed by atoms with Gasteiger partial charge in [-0.1, -0.05) is 5.21 Å². The van der Waals surface area contributed by atoms with Crippen LogP contribution in [0.15, 0.2) is 11.9 Å². The van der Waals surface area contributed by atoms with E-state index in [-0.39, 0.29) is 12.0 Å². The molecule has 172 valence electrons. The highest BCUT2D eigenvalue weighted by Gasteiger charge is 2.53. The molecular formula is C21H34BFN4O4. The van der Waals surface area contributed by atoms with Crippen LogP contribution in [0.1, 0.15) is 67.0 Å². The molecule has 1 amide bonds. The summed E-state index contributed by atoms with van der Waals surface area (Å²) in [6.07, 6.45) is 4.58. The number of amides is 1. The number of hydrogen-bond acceptors (Lipinski definition) is 6. The summed E-state index contributed by atoms with van der Waals surface area (Å²) in [4.78, 5) is 14.1. The van der Waals surface area contributed by atoms with Gasteiger partial charge in [0.15, 0.2) is 0 Å². The van der Waals surface area contributed by atoms with Gasteiger partial charge in [-0.3, -0.25) is 4.68 Å². The molecule has 2 aliphatic rings. The number of hydrogen-bond donors (Lipinski definition) is 0. The number of aromatic nitrogens is 3. The minimum Gasteiger partial charge on any atom is -0.444 e. The zero-order valence-electron chi connectivity index (χ0n) is 19.6. The van der Waals surface area contributed by atoms with Crippen LogP contribution in [0.5, 0.6) is 0 Å². The Bertz CT molecular complexity index is 818. The predicted molar refractivity (Wildman–Crippen MR) is 116 cm³/mol. The molecule has 31 heavy (non-hydrogen) atoms. The van der Waals surface area contributed by atoms with Crippen molar-refractivity contribution in [3.63, 3.8) is 0 Å². The van der Waals surface area contributed by atoms with Gasteiger partial charge in [0.2, 0.25) is 0 Å². The maximum absolute atomic E-state index is 14.7. The summed E-state index contributed by atoms with van der Waals surface area (Å²) in [5.74, 6) is 0.229. The first-order valence-electron chi connectivity index (χ1n) is 10.9. The Balaban J connectivity index is 1.59. The number of ether oxygens (including phenoxy) is 1. The van der Waals surface area contributed by atoms with Crippen molar-refractivity contribution in [1.29, 1.82) is 0 Å². The lowest BCUT2D eigenvalue weighted by atomic mass is 9.87. The average Bonchev–Trinajstić information content (AvgIpc) is 3.14. The molecule has 2 fully saturated rings. The van der Waals surface area contributed by atoms with Gasteiger partial charge in [0.25, 0.3) is 0 Å². The molecule has 0 N–H and O–H groups in total. The van der Waals surface area contributed by atoms with Gasteiger partial charge in [-0.05, 0) is 73.3 Å². The number of nitrogens with zero attached hydrogens (tertiary/aromatic N) is 4. The molecule has 0 aromatic carbocycles. The van der Waals surface area contributed by atoms with Crippen LogP contribution in [0, 0.1) is 5.92 Å². The number of halogens is 1. The Morgan fingerprint density at radius 3 is 2.58 bits per heavy atom. The standard InChI is InChI=1S/C21H34BFN4O4/c1-19(2,3)29-18(28)26-10-8-9-15(12-26)13-27-14-16(24-25-27)11-17(23)22-30-20(4,5)21(6,7)31-22/h11,14-15H,8-10,12-13H2,1-7H3. The zero-order valence-corrected chi connectivity index (χ0v) is 19.6. The molecule has 1 aromatic heterocycles. The third-order valence-electron chi connectivity index (χ3n) is 5.94. The topological polar surface area (TPSA) is 78.7 Å². The van der Waals surface area contributed by atoms with Crippen LogP contribution in [-0.4, -0.2) is 63.0 Å². The lowest BCUT2D eigenvalue weighted by molar-refractivity contribution is 0.00578. The van der Waals surface area contributed by atoms with Crippen LogP contribution in [0.25, 0.3) is 6.08 Å². The summed E-state index contributed by atoms with van der Waals surface area (Å²) >= 11 is 0. The van der Waals surface area contributed by atoms with Gasteiger partial charge in [0.05, 0.1) is 17.4 Å². The Labute approximate surface area is 184 Å². The van der Waals surface area contributed by atoms with Gasteiger partial charge >= 0.3 is 13.2 Å². The molecule has 2 saturated heterocycles. The third-order valence-corrected chi connectivity index (χ3v) is 5.94. The number of likely N-dealkylation sites (tertiary alicyclic amines) is 1. The quantitative estimate of drug-likeness (QED) is 0.667. The second-order valence-corrected chi connectivity index (χ2v) is 10.4. The van der Waals surface area contributed by atoms with Gasteiger partial charge in [-0.25, -0.2) is 9.18 Å². The highest BCUT2D eigenvalue weighted by molar-refractivity contribution is 6.54. The molecule has 1 atom stereocenters. The Morgan fingerprint density at radius 1 is 1.32 bits per heavy atom. The SMILES string of the molecule is CC(C)(C)OC(=O)N1CCCC(Cn2cc(C=C(F)B3OC(C)(C)C(C)(C)O3)nn2)C1. The van der Waals surface area contributed by atoms with E-state index in [1.807, 2.05) is 48.5 Å². The third kappa shape index (κ3) is 5.86. The summed E-state index contributed by atoms with van der Waals surface area (Å²) in [7, 11) is -1.06. The van der Waals surface area contributed by atoms with Crippen molar-refractivity contribution in [2.75, 3.05) is 13.1 Å². The molecule has 3 rings (SSSR count). The Morgan fingerprint density at radius 2 is 1.97 bits per heavy atom. The second-order valence-electron chi connectivity index (χ2n) is 10.4. The summed E-state index contributed by atoms with van der Waals surface area (Å²) in [5.41, 5.74) is -1.88. The monoisotopic (exact) mass is 436 g/mol. The summed E-state index contributed by atoms with van der Waals surface area (Å²) in [6, 6.07) is 0. The first-order chi connectivity index (χ1) is 14.3. The van der Waals surface area contributed by atoms with Crippen LogP contribution in [-0.2, 0) is 20.6 Å². The molecular weight excluding hydrogens is 402 g/mol. The highest BCUT2D eigenvalue weighted by atomic mass is 19.1. The molecule has 0 spiro atoms.